The Hall–Kier alpha value is -1.96. The van der Waals surface area contributed by atoms with Crippen molar-refractivity contribution in [1.82, 2.24) is 0 Å². The van der Waals surface area contributed by atoms with Gasteiger partial charge in [-0.2, -0.15) is 0 Å². The summed E-state index contributed by atoms with van der Waals surface area (Å²) in [4.78, 5) is 0. The number of rotatable bonds is 0. The largest absolute Gasteiger partial charge is 0.507 e. The predicted molar refractivity (Wildman–Crippen MR) is 60.1 cm³/mol. The highest BCUT2D eigenvalue weighted by Crippen LogP contribution is 2.34. The number of phenols is 1. The number of furan rings is 1. The lowest BCUT2D eigenvalue weighted by Crippen LogP contribution is -1.76. The molecule has 74 valence electrons. The molecule has 0 aliphatic carbocycles. The highest BCUT2D eigenvalue weighted by Gasteiger charge is 2.09. The fourth-order valence-electron chi connectivity index (χ4n) is 1.96. The van der Waals surface area contributed by atoms with Crippen LogP contribution in [0.25, 0.3) is 21.7 Å². The zero-order valence-corrected chi connectivity index (χ0v) is 8.32. The van der Waals surface area contributed by atoms with Gasteiger partial charge in [0.1, 0.15) is 11.3 Å². The Kier molecular flexibility index (Phi) is 1.54. The Balaban J connectivity index is 2.65. The maximum atomic E-state index is 9.87. The standard InChI is InChI=1S/C13H10O2/c1-8-7-15-13-10-5-3-2-4-9(10)12(14)6-11(8)13/h2-7,14H,1H3. The van der Waals surface area contributed by atoms with Gasteiger partial charge in [0.15, 0.2) is 0 Å². The maximum Gasteiger partial charge on any atom is 0.142 e. The number of benzene rings is 2. The predicted octanol–water partition coefficient (Wildman–Crippen LogP) is 3.60. The van der Waals surface area contributed by atoms with E-state index in [0.717, 1.165) is 27.3 Å². The van der Waals surface area contributed by atoms with Crippen molar-refractivity contribution in [1.29, 1.82) is 0 Å². The molecule has 2 heteroatoms. The van der Waals surface area contributed by atoms with E-state index in [1.54, 1.807) is 12.3 Å². The van der Waals surface area contributed by atoms with Crippen LogP contribution in [0.1, 0.15) is 5.56 Å². The Morgan fingerprint density at radius 3 is 2.60 bits per heavy atom. The molecule has 0 bridgehead atoms. The molecular formula is C13H10O2. The van der Waals surface area contributed by atoms with Crippen LogP contribution >= 0.6 is 0 Å². The summed E-state index contributed by atoms with van der Waals surface area (Å²) < 4.78 is 5.51. The summed E-state index contributed by atoms with van der Waals surface area (Å²) in [5.41, 5.74) is 1.90. The summed E-state index contributed by atoms with van der Waals surface area (Å²) in [6.07, 6.45) is 1.72. The molecule has 2 aromatic carbocycles. The number of hydrogen-bond acceptors (Lipinski definition) is 2. The number of aryl methyl sites for hydroxylation is 1. The van der Waals surface area contributed by atoms with E-state index in [-0.39, 0.29) is 0 Å². The van der Waals surface area contributed by atoms with E-state index in [4.69, 9.17) is 4.42 Å². The lowest BCUT2D eigenvalue weighted by molar-refractivity contribution is 0.482. The van der Waals surface area contributed by atoms with Gasteiger partial charge in [0, 0.05) is 16.2 Å². The van der Waals surface area contributed by atoms with Gasteiger partial charge in [-0.25, -0.2) is 0 Å². The number of fused-ring (bicyclic) bond motifs is 3. The molecule has 0 saturated carbocycles. The average Bonchev–Trinajstić information content (AvgIpc) is 2.62. The Labute approximate surface area is 86.7 Å². The van der Waals surface area contributed by atoms with Crippen molar-refractivity contribution in [3.8, 4) is 5.75 Å². The van der Waals surface area contributed by atoms with Crippen LogP contribution in [-0.4, -0.2) is 5.11 Å². The van der Waals surface area contributed by atoms with Gasteiger partial charge >= 0.3 is 0 Å². The first kappa shape index (κ1) is 8.36. The fourth-order valence-corrected chi connectivity index (χ4v) is 1.96. The van der Waals surface area contributed by atoms with E-state index in [0.29, 0.717) is 5.75 Å². The lowest BCUT2D eigenvalue weighted by atomic mass is 10.1. The Morgan fingerprint density at radius 2 is 1.80 bits per heavy atom. The minimum Gasteiger partial charge on any atom is -0.507 e. The molecule has 0 amide bonds. The third-order valence-corrected chi connectivity index (χ3v) is 2.75. The molecular weight excluding hydrogens is 188 g/mol. The highest BCUT2D eigenvalue weighted by molar-refractivity contribution is 6.08. The maximum absolute atomic E-state index is 9.87. The van der Waals surface area contributed by atoms with Gasteiger partial charge in [-0.3, -0.25) is 0 Å². The first-order chi connectivity index (χ1) is 7.27. The van der Waals surface area contributed by atoms with Gasteiger partial charge in [-0.1, -0.05) is 24.3 Å². The van der Waals surface area contributed by atoms with E-state index in [1.165, 1.54) is 0 Å². The van der Waals surface area contributed by atoms with Gasteiger partial charge < -0.3 is 9.52 Å². The third kappa shape index (κ3) is 1.05. The van der Waals surface area contributed by atoms with Crippen molar-refractivity contribution in [3.05, 3.63) is 42.2 Å². The second-order valence-electron chi connectivity index (χ2n) is 3.74. The van der Waals surface area contributed by atoms with Crippen LogP contribution in [0, 0.1) is 6.92 Å². The van der Waals surface area contributed by atoms with Crippen molar-refractivity contribution >= 4 is 21.7 Å². The van der Waals surface area contributed by atoms with E-state index >= 15 is 0 Å². The summed E-state index contributed by atoms with van der Waals surface area (Å²) in [6.45, 7) is 1.97. The van der Waals surface area contributed by atoms with Gasteiger partial charge in [0.25, 0.3) is 0 Å². The van der Waals surface area contributed by atoms with E-state index in [2.05, 4.69) is 0 Å². The minimum absolute atomic E-state index is 0.308. The smallest absolute Gasteiger partial charge is 0.142 e. The second-order valence-corrected chi connectivity index (χ2v) is 3.74. The first-order valence-corrected chi connectivity index (χ1v) is 4.86. The molecule has 0 aliphatic rings. The quantitative estimate of drug-likeness (QED) is 0.598. The van der Waals surface area contributed by atoms with Crippen LogP contribution in [0.3, 0.4) is 0 Å². The summed E-state index contributed by atoms with van der Waals surface area (Å²) in [5, 5.41) is 12.6. The van der Waals surface area contributed by atoms with Crippen LogP contribution in [0.2, 0.25) is 0 Å². The molecule has 0 aliphatic heterocycles. The molecule has 1 heterocycles. The third-order valence-electron chi connectivity index (χ3n) is 2.75. The van der Waals surface area contributed by atoms with Crippen molar-refractivity contribution in [2.24, 2.45) is 0 Å². The van der Waals surface area contributed by atoms with Crippen molar-refractivity contribution in [3.63, 3.8) is 0 Å². The van der Waals surface area contributed by atoms with E-state index < -0.39 is 0 Å². The van der Waals surface area contributed by atoms with E-state index in [1.807, 2.05) is 31.2 Å². The number of aromatic hydroxyl groups is 1. The summed E-state index contributed by atoms with van der Waals surface area (Å²) in [6, 6.07) is 9.46. The second kappa shape index (κ2) is 2.76. The zero-order chi connectivity index (χ0) is 10.4. The Morgan fingerprint density at radius 1 is 1.07 bits per heavy atom. The molecule has 0 saturated heterocycles. The summed E-state index contributed by atoms with van der Waals surface area (Å²) in [5.74, 6) is 0.308. The highest BCUT2D eigenvalue weighted by atomic mass is 16.3. The SMILES string of the molecule is Cc1coc2c1cc(O)c1ccccc12. The van der Waals surface area contributed by atoms with Crippen LogP contribution in [-0.2, 0) is 0 Å². The van der Waals surface area contributed by atoms with Gasteiger partial charge in [0.05, 0.1) is 6.26 Å². The molecule has 0 fully saturated rings. The monoisotopic (exact) mass is 198 g/mol. The van der Waals surface area contributed by atoms with Gasteiger partial charge in [-0.15, -0.1) is 0 Å². The zero-order valence-electron chi connectivity index (χ0n) is 8.32. The van der Waals surface area contributed by atoms with Crippen LogP contribution in [0.15, 0.2) is 41.0 Å². The van der Waals surface area contributed by atoms with E-state index in [9.17, 15) is 5.11 Å². The van der Waals surface area contributed by atoms with Crippen LogP contribution in [0.4, 0.5) is 0 Å². The van der Waals surface area contributed by atoms with Crippen molar-refractivity contribution in [2.45, 2.75) is 6.92 Å². The molecule has 0 atom stereocenters. The normalized spacial score (nSPS) is 11.3. The molecule has 15 heavy (non-hydrogen) atoms. The molecule has 2 nitrogen and oxygen atoms in total. The molecule has 0 unspecified atom stereocenters. The van der Waals surface area contributed by atoms with Crippen molar-refractivity contribution < 1.29 is 9.52 Å². The van der Waals surface area contributed by atoms with Crippen LogP contribution in [0.5, 0.6) is 5.75 Å². The number of phenolic OH excluding ortho intramolecular Hbond substituents is 1. The Bertz CT molecular complexity index is 650. The molecule has 1 N–H and O–H groups in total. The minimum atomic E-state index is 0.308. The van der Waals surface area contributed by atoms with Crippen molar-refractivity contribution in [2.75, 3.05) is 0 Å². The summed E-state index contributed by atoms with van der Waals surface area (Å²) in [7, 11) is 0. The molecule has 0 spiro atoms. The molecule has 3 aromatic rings. The summed E-state index contributed by atoms with van der Waals surface area (Å²) >= 11 is 0. The number of hydrogen-bond donors (Lipinski definition) is 1. The molecule has 3 rings (SSSR count). The average molecular weight is 198 g/mol. The molecule has 1 aromatic heterocycles. The van der Waals surface area contributed by atoms with Crippen LogP contribution < -0.4 is 0 Å². The molecule has 0 radical (unpaired) electrons. The topological polar surface area (TPSA) is 33.4 Å². The fraction of sp³-hybridized carbons (Fsp3) is 0.0769. The van der Waals surface area contributed by atoms with Gasteiger partial charge in [-0.05, 0) is 18.6 Å². The lowest BCUT2D eigenvalue weighted by Gasteiger charge is -2.01. The van der Waals surface area contributed by atoms with Gasteiger partial charge in [0.2, 0.25) is 0 Å². The first-order valence-electron chi connectivity index (χ1n) is 4.86.